The van der Waals surface area contributed by atoms with Crippen molar-refractivity contribution >= 4 is 16.1 Å². The second-order valence-electron chi connectivity index (χ2n) is 3.16. The van der Waals surface area contributed by atoms with Crippen molar-refractivity contribution in [3.05, 3.63) is 0 Å². The van der Waals surface area contributed by atoms with Crippen LogP contribution in [-0.4, -0.2) is 31.9 Å². The summed E-state index contributed by atoms with van der Waals surface area (Å²) < 4.78 is 35.3. The first-order chi connectivity index (χ1) is 5.47. The third kappa shape index (κ3) is 2.27. The van der Waals surface area contributed by atoms with Crippen LogP contribution in [0.2, 0.25) is 0 Å². The van der Waals surface area contributed by atoms with Crippen molar-refractivity contribution in [3.8, 4) is 0 Å². The van der Waals surface area contributed by atoms with Gasteiger partial charge in [0.1, 0.15) is 9.84 Å². The Labute approximate surface area is 70.9 Å². The Kier molecular flexibility index (Phi) is 2.51. The van der Waals surface area contributed by atoms with Gasteiger partial charge in [0.2, 0.25) is 0 Å². The molecule has 0 aromatic rings. The predicted octanol–water partition coefficient (Wildman–Crippen LogP) is 0.492. The SMILES string of the molecule is O=CC1(F)CCCS(=O)(=O)CC1. The van der Waals surface area contributed by atoms with Crippen molar-refractivity contribution in [1.29, 1.82) is 0 Å². The maximum absolute atomic E-state index is 13.3. The average Bonchev–Trinajstić information content (AvgIpc) is 2.13. The summed E-state index contributed by atoms with van der Waals surface area (Å²) in [6, 6.07) is 0. The Balaban J connectivity index is 2.74. The molecule has 70 valence electrons. The van der Waals surface area contributed by atoms with Gasteiger partial charge in [0.15, 0.2) is 12.0 Å². The Hall–Kier alpha value is -0.450. The molecule has 0 N–H and O–H groups in total. The van der Waals surface area contributed by atoms with Gasteiger partial charge in [-0.1, -0.05) is 0 Å². The maximum atomic E-state index is 13.3. The van der Waals surface area contributed by atoms with Crippen LogP contribution in [0, 0.1) is 0 Å². The second kappa shape index (κ2) is 3.12. The van der Waals surface area contributed by atoms with Gasteiger partial charge >= 0.3 is 0 Å². The van der Waals surface area contributed by atoms with Gasteiger partial charge < -0.3 is 0 Å². The van der Waals surface area contributed by atoms with Crippen LogP contribution < -0.4 is 0 Å². The van der Waals surface area contributed by atoms with E-state index in [-0.39, 0.29) is 37.1 Å². The van der Waals surface area contributed by atoms with Crippen LogP contribution in [0.15, 0.2) is 0 Å². The molecular weight excluding hydrogens is 183 g/mol. The Bertz CT molecular complexity index is 272. The van der Waals surface area contributed by atoms with E-state index in [1.54, 1.807) is 0 Å². The van der Waals surface area contributed by atoms with E-state index >= 15 is 0 Å². The van der Waals surface area contributed by atoms with E-state index in [0.717, 1.165) is 0 Å². The molecule has 12 heavy (non-hydrogen) atoms. The minimum atomic E-state index is -3.10. The van der Waals surface area contributed by atoms with Crippen LogP contribution in [0.5, 0.6) is 0 Å². The molecule has 1 aliphatic heterocycles. The Morgan fingerprint density at radius 2 is 1.92 bits per heavy atom. The molecular formula is C7H11FO3S. The molecule has 1 aliphatic rings. The molecule has 0 spiro atoms. The molecule has 5 heteroatoms. The Morgan fingerprint density at radius 1 is 1.25 bits per heavy atom. The quantitative estimate of drug-likeness (QED) is 0.571. The van der Waals surface area contributed by atoms with E-state index in [1.165, 1.54) is 0 Å². The van der Waals surface area contributed by atoms with E-state index in [4.69, 9.17) is 0 Å². The zero-order chi connectivity index (χ0) is 9.24. The van der Waals surface area contributed by atoms with Gasteiger partial charge in [-0.05, 0) is 12.8 Å². The minimum Gasteiger partial charge on any atom is -0.300 e. The van der Waals surface area contributed by atoms with Crippen molar-refractivity contribution < 1.29 is 17.6 Å². The number of carbonyl (C=O) groups is 1. The van der Waals surface area contributed by atoms with Gasteiger partial charge in [-0.25, -0.2) is 12.8 Å². The van der Waals surface area contributed by atoms with E-state index in [2.05, 4.69) is 0 Å². The molecule has 0 amide bonds. The van der Waals surface area contributed by atoms with Crippen LogP contribution in [0.4, 0.5) is 4.39 Å². The van der Waals surface area contributed by atoms with Crippen LogP contribution in [0.25, 0.3) is 0 Å². The molecule has 0 aromatic heterocycles. The van der Waals surface area contributed by atoms with Gasteiger partial charge in [0.25, 0.3) is 0 Å². The topological polar surface area (TPSA) is 51.2 Å². The number of sulfone groups is 1. The first-order valence-electron chi connectivity index (χ1n) is 3.83. The minimum absolute atomic E-state index is 0.00646. The molecule has 0 aromatic carbocycles. The molecule has 1 heterocycles. The van der Waals surface area contributed by atoms with Crippen molar-refractivity contribution in [1.82, 2.24) is 0 Å². The van der Waals surface area contributed by atoms with Crippen LogP contribution in [0.3, 0.4) is 0 Å². The summed E-state index contributed by atoms with van der Waals surface area (Å²) in [5, 5.41) is 0. The Morgan fingerprint density at radius 3 is 2.50 bits per heavy atom. The second-order valence-corrected chi connectivity index (χ2v) is 5.46. The van der Waals surface area contributed by atoms with Gasteiger partial charge in [0.05, 0.1) is 11.5 Å². The number of alkyl halides is 1. The average molecular weight is 194 g/mol. The van der Waals surface area contributed by atoms with E-state index in [9.17, 15) is 17.6 Å². The lowest BCUT2D eigenvalue weighted by atomic mass is 9.99. The monoisotopic (exact) mass is 194 g/mol. The molecule has 1 atom stereocenters. The summed E-state index contributed by atoms with van der Waals surface area (Å²) in [5.74, 6) is -0.200. The predicted molar refractivity (Wildman–Crippen MR) is 42.4 cm³/mol. The van der Waals surface area contributed by atoms with Gasteiger partial charge in [-0.3, -0.25) is 4.79 Å². The standard InChI is InChI=1S/C7H11FO3S/c8-7(6-9)2-1-4-12(10,11)5-3-7/h6H,1-5H2. The van der Waals surface area contributed by atoms with E-state index in [0.29, 0.717) is 0 Å². The zero-order valence-corrected chi connectivity index (χ0v) is 7.44. The van der Waals surface area contributed by atoms with Crippen molar-refractivity contribution in [2.45, 2.75) is 24.9 Å². The summed E-state index contributed by atoms with van der Waals surface area (Å²) in [6.45, 7) is 0. The molecule has 0 aliphatic carbocycles. The summed E-state index contributed by atoms with van der Waals surface area (Å²) >= 11 is 0. The summed E-state index contributed by atoms with van der Waals surface area (Å²) in [4.78, 5) is 10.3. The van der Waals surface area contributed by atoms with Gasteiger partial charge in [-0.2, -0.15) is 0 Å². The van der Waals surface area contributed by atoms with Gasteiger partial charge in [-0.15, -0.1) is 0 Å². The number of rotatable bonds is 1. The molecule has 0 bridgehead atoms. The van der Waals surface area contributed by atoms with E-state index < -0.39 is 15.5 Å². The van der Waals surface area contributed by atoms with Crippen molar-refractivity contribution in [2.24, 2.45) is 0 Å². The molecule has 1 fully saturated rings. The molecule has 0 saturated carbocycles. The lowest BCUT2D eigenvalue weighted by molar-refractivity contribution is -0.118. The third-order valence-electron chi connectivity index (χ3n) is 2.09. The first-order valence-corrected chi connectivity index (χ1v) is 5.65. The molecule has 1 rings (SSSR count). The summed E-state index contributed by atoms with van der Waals surface area (Å²) in [5.41, 5.74) is -1.90. The molecule has 0 radical (unpaired) electrons. The lowest BCUT2D eigenvalue weighted by Gasteiger charge is -2.13. The van der Waals surface area contributed by atoms with Gasteiger partial charge in [0, 0.05) is 6.42 Å². The van der Waals surface area contributed by atoms with Crippen LogP contribution >= 0.6 is 0 Å². The number of hydrogen-bond donors (Lipinski definition) is 0. The largest absolute Gasteiger partial charge is 0.300 e. The fourth-order valence-electron chi connectivity index (χ4n) is 1.26. The smallest absolute Gasteiger partial charge is 0.166 e. The van der Waals surface area contributed by atoms with Crippen molar-refractivity contribution in [3.63, 3.8) is 0 Å². The highest BCUT2D eigenvalue weighted by atomic mass is 32.2. The number of hydrogen-bond acceptors (Lipinski definition) is 3. The third-order valence-corrected chi connectivity index (χ3v) is 3.82. The van der Waals surface area contributed by atoms with Crippen molar-refractivity contribution in [2.75, 3.05) is 11.5 Å². The highest BCUT2D eigenvalue weighted by Crippen LogP contribution is 2.25. The zero-order valence-electron chi connectivity index (χ0n) is 6.62. The molecule has 3 nitrogen and oxygen atoms in total. The maximum Gasteiger partial charge on any atom is 0.166 e. The van der Waals surface area contributed by atoms with Crippen LogP contribution in [-0.2, 0) is 14.6 Å². The lowest BCUT2D eigenvalue weighted by Crippen LogP contribution is -2.25. The number of halogens is 1. The normalized spacial score (nSPS) is 35.4. The summed E-state index contributed by atoms with van der Waals surface area (Å²) in [6.07, 6.45) is 0.333. The molecule has 1 unspecified atom stereocenters. The highest BCUT2D eigenvalue weighted by molar-refractivity contribution is 7.91. The van der Waals surface area contributed by atoms with Crippen LogP contribution in [0.1, 0.15) is 19.3 Å². The molecule has 1 saturated heterocycles. The fourth-order valence-corrected chi connectivity index (χ4v) is 2.69. The fraction of sp³-hybridized carbons (Fsp3) is 0.857. The highest BCUT2D eigenvalue weighted by Gasteiger charge is 2.34. The number of carbonyl (C=O) groups excluding carboxylic acids is 1. The summed E-state index contributed by atoms with van der Waals surface area (Å²) in [7, 11) is -3.10. The number of aldehydes is 1. The van der Waals surface area contributed by atoms with E-state index in [1.807, 2.05) is 0 Å². The first kappa shape index (κ1) is 9.64.